The summed E-state index contributed by atoms with van der Waals surface area (Å²) in [4.78, 5) is 13.1. The fourth-order valence-electron chi connectivity index (χ4n) is 2.61. The lowest BCUT2D eigenvalue weighted by Crippen LogP contribution is -2.11. The number of carbonyl (C=O) groups is 1. The van der Waals surface area contributed by atoms with Crippen molar-refractivity contribution in [3.05, 3.63) is 64.3 Å². The Hall–Kier alpha value is -2.20. The van der Waals surface area contributed by atoms with Gasteiger partial charge >= 0.3 is 0 Å². The van der Waals surface area contributed by atoms with E-state index in [-0.39, 0.29) is 11.7 Å². The van der Waals surface area contributed by atoms with Crippen molar-refractivity contribution < 1.29 is 9.18 Å². The van der Waals surface area contributed by atoms with Crippen LogP contribution in [-0.2, 0) is 0 Å². The minimum atomic E-state index is -0.281. The van der Waals surface area contributed by atoms with Gasteiger partial charge < -0.3 is 5.32 Å². The quantitative estimate of drug-likeness (QED) is 0.654. The van der Waals surface area contributed by atoms with Gasteiger partial charge in [0.25, 0.3) is 5.91 Å². The van der Waals surface area contributed by atoms with Crippen molar-refractivity contribution in [2.24, 2.45) is 0 Å². The number of halogens is 1. The van der Waals surface area contributed by atoms with Gasteiger partial charge in [0.1, 0.15) is 5.82 Å². The van der Waals surface area contributed by atoms with E-state index in [1.165, 1.54) is 23.0 Å². The molecule has 4 heteroatoms. The molecule has 0 atom stereocenters. The molecule has 0 spiro atoms. The van der Waals surface area contributed by atoms with E-state index >= 15 is 0 Å². The molecule has 2 aromatic carbocycles. The van der Waals surface area contributed by atoms with Crippen molar-refractivity contribution in [1.29, 1.82) is 0 Å². The summed E-state index contributed by atoms with van der Waals surface area (Å²) in [5, 5.41) is 3.43. The Morgan fingerprint density at radius 1 is 1.13 bits per heavy atom. The van der Waals surface area contributed by atoms with Crippen molar-refractivity contribution in [1.82, 2.24) is 0 Å². The number of thiophene rings is 1. The second-order valence-corrected chi connectivity index (χ2v) is 6.95. The molecule has 1 heterocycles. The Balaban J connectivity index is 1.89. The molecule has 0 aliphatic rings. The molecule has 0 aliphatic heterocycles. The highest BCUT2D eigenvalue weighted by Crippen LogP contribution is 2.33. The highest BCUT2D eigenvalue weighted by atomic mass is 32.1. The lowest BCUT2D eigenvalue weighted by atomic mass is 10.0. The first kappa shape index (κ1) is 15.7. The zero-order valence-electron chi connectivity index (χ0n) is 13.3. The zero-order valence-corrected chi connectivity index (χ0v) is 14.1. The van der Waals surface area contributed by atoms with E-state index in [1.807, 2.05) is 30.3 Å². The van der Waals surface area contributed by atoms with Crippen LogP contribution in [0.15, 0.2) is 42.5 Å². The molecule has 2 nitrogen and oxygen atoms in total. The third-order valence-corrected chi connectivity index (χ3v) is 5.20. The molecule has 118 valence electrons. The molecule has 0 aliphatic carbocycles. The average molecular weight is 327 g/mol. The fourth-order valence-corrected chi connectivity index (χ4v) is 3.73. The summed E-state index contributed by atoms with van der Waals surface area (Å²) in [6.07, 6.45) is 0. The predicted octanol–water partition coefficient (Wildman–Crippen LogP) is 5.72. The van der Waals surface area contributed by atoms with Gasteiger partial charge in [-0.05, 0) is 48.2 Å². The minimum absolute atomic E-state index is 0.194. The van der Waals surface area contributed by atoms with E-state index in [9.17, 15) is 9.18 Å². The van der Waals surface area contributed by atoms with Gasteiger partial charge in [-0.1, -0.05) is 32.0 Å². The van der Waals surface area contributed by atoms with Crippen LogP contribution in [0.2, 0.25) is 0 Å². The number of fused-ring (bicyclic) bond motifs is 1. The van der Waals surface area contributed by atoms with Gasteiger partial charge in [0.15, 0.2) is 0 Å². The van der Waals surface area contributed by atoms with Crippen LogP contribution in [-0.4, -0.2) is 5.91 Å². The average Bonchev–Trinajstić information content (AvgIpc) is 2.86. The second-order valence-electron chi connectivity index (χ2n) is 5.90. The number of amides is 1. The normalized spacial score (nSPS) is 11.2. The SMILES string of the molecule is Cc1c(C(=O)Nc2ccc(C(C)C)cc2)sc2cccc(F)c12. The lowest BCUT2D eigenvalue weighted by Gasteiger charge is -2.08. The maximum atomic E-state index is 13.9. The van der Waals surface area contributed by atoms with Gasteiger partial charge in [-0.2, -0.15) is 0 Å². The van der Waals surface area contributed by atoms with Gasteiger partial charge in [0.2, 0.25) is 0 Å². The number of hydrogen-bond donors (Lipinski definition) is 1. The summed E-state index contributed by atoms with van der Waals surface area (Å²) in [5.74, 6) is -0.0236. The van der Waals surface area contributed by atoms with E-state index in [4.69, 9.17) is 0 Å². The molecular weight excluding hydrogens is 309 g/mol. The minimum Gasteiger partial charge on any atom is -0.321 e. The first-order valence-electron chi connectivity index (χ1n) is 7.56. The summed E-state index contributed by atoms with van der Waals surface area (Å²) in [6.45, 7) is 6.05. The standard InChI is InChI=1S/C19H18FNOS/c1-11(2)13-7-9-14(10-8-13)21-19(22)18-12(3)17-15(20)5-4-6-16(17)23-18/h4-11H,1-3H3,(H,21,22). The summed E-state index contributed by atoms with van der Waals surface area (Å²) < 4.78 is 14.7. The van der Waals surface area contributed by atoms with Gasteiger partial charge in [0, 0.05) is 15.8 Å². The van der Waals surface area contributed by atoms with Crippen molar-refractivity contribution in [2.75, 3.05) is 5.32 Å². The summed E-state index contributed by atoms with van der Waals surface area (Å²) in [5.41, 5.74) is 2.67. The molecule has 0 fully saturated rings. The van der Waals surface area contributed by atoms with Crippen LogP contribution in [0, 0.1) is 12.7 Å². The summed E-state index contributed by atoms with van der Waals surface area (Å²) in [7, 11) is 0. The number of aryl methyl sites for hydroxylation is 1. The van der Waals surface area contributed by atoms with E-state index in [0.29, 0.717) is 21.7 Å². The van der Waals surface area contributed by atoms with Crippen molar-refractivity contribution in [3.8, 4) is 0 Å². The van der Waals surface area contributed by atoms with Crippen LogP contribution in [0.4, 0.5) is 10.1 Å². The third kappa shape index (κ3) is 2.99. The van der Waals surface area contributed by atoms with E-state index in [2.05, 4.69) is 19.2 Å². The van der Waals surface area contributed by atoms with E-state index in [1.54, 1.807) is 13.0 Å². The Kier molecular flexibility index (Phi) is 4.18. The first-order valence-corrected chi connectivity index (χ1v) is 8.38. The van der Waals surface area contributed by atoms with Crippen molar-refractivity contribution in [3.63, 3.8) is 0 Å². The van der Waals surface area contributed by atoms with Crippen LogP contribution in [0.3, 0.4) is 0 Å². The highest BCUT2D eigenvalue weighted by Gasteiger charge is 2.17. The first-order chi connectivity index (χ1) is 11.0. The second kappa shape index (κ2) is 6.13. The molecule has 0 bridgehead atoms. The van der Waals surface area contributed by atoms with Crippen LogP contribution < -0.4 is 5.32 Å². The Bertz CT molecular complexity index is 865. The Morgan fingerprint density at radius 3 is 2.43 bits per heavy atom. The largest absolute Gasteiger partial charge is 0.321 e. The van der Waals surface area contributed by atoms with Gasteiger partial charge in [-0.15, -0.1) is 11.3 Å². The van der Waals surface area contributed by atoms with Crippen molar-refractivity contribution in [2.45, 2.75) is 26.7 Å². The van der Waals surface area contributed by atoms with Gasteiger partial charge in [-0.3, -0.25) is 4.79 Å². The lowest BCUT2D eigenvalue weighted by molar-refractivity contribution is 0.103. The molecule has 0 saturated carbocycles. The van der Waals surface area contributed by atoms with Gasteiger partial charge in [0.05, 0.1) is 4.88 Å². The maximum Gasteiger partial charge on any atom is 0.266 e. The van der Waals surface area contributed by atoms with Crippen LogP contribution in [0.5, 0.6) is 0 Å². The highest BCUT2D eigenvalue weighted by molar-refractivity contribution is 7.21. The number of nitrogens with one attached hydrogen (secondary N) is 1. The topological polar surface area (TPSA) is 29.1 Å². The number of hydrogen-bond acceptors (Lipinski definition) is 2. The van der Waals surface area contributed by atoms with Gasteiger partial charge in [-0.25, -0.2) is 4.39 Å². The monoisotopic (exact) mass is 327 g/mol. The molecule has 3 rings (SSSR count). The molecule has 0 radical (unpaired) electrons. The zero-order chi connectivity index (χ0) is 16.6. The number of benzene rings is 2. The smallest absolute Gasteiger partial charge is 0.266 e. The van der Waals surface area contributed by atoms with Crippen LogP contribution in [0.1, 0.15) is 40.6 Å². The maximum absolute atomic E-state index is 13.9. The molecule has 23 heavy (non-hydrogen) atoms. The molecular formula is C19H18FNOS. The van der Waals surface area contributed by atoms with Crippen LogP contribution in [0.25, 0.3) is 10.1 Å². The molecule has 1 aromatic heterocycles. The predicted molar refractivity (Wildman–Crippen MR) is 95.0 cm³/mol. The van der Waals surface area contributed by atoms with E-state index in [0.717, 1.165) is 10.4 Å². The molecule has 0 unspecified atom stereocenters. The summed E-state index contributed by atoms with van der Waals surface area (Å²) in [6, 6.07) is 12.8. The number of rotatable bonds is 3. The summed E-state index contributed by atoms with van der Waals surface area (Å²) >= 11 is 1.32. The number of anilines is 1. The molecule has 1 amide bonds. The Labute approximate surface area is 139 Å². The Morgan fingerprint density at radius 2 is 1.83 bits per heavy atom. The third-order valence-electron chi connectivity index (χ3n) is 3.94. The van der Waals surface area contributed by atoms with Crippen molar-refractivity contribution >= 4 is 33.0 Å². The van der Waals surface area contributed by atoms with Crippen LogP contribution >= 0.6 is 11.3 Å². The number of carbonyl (C=O) groups excluding carboxylic acids is 1. The molecule has 3 aromatic rings. The molecule has 1 N–H and O–H groups in total. The van der Waals surface area contributed by atoms with E-state index < -0.39 is 0 Å². The molecule has 0 saturated heterocycles. The fraction of sp³-hybridized carbons (Fsp3) is 0.211.